The molecule has 0 atom stereocenters. The first-order chi connectivity index (χ1) is 8.40. The third-order valence-electron chi connectivity index (χ3n) is 2.60. The van der Waals surface area contributed by atoms with E-state index in [0.29, 0.717) is 5.56 Å². The summed E-state index contributed by atoms with van der Waals surface area (Å²) in [6.07, 6.45) is 0. The number of rotatable bonds is 1. The van der Waals surface area contributed by atoms with E-state index in [1.807, 2.05) is 42.5 Å². The van der Waals surface area contributed by atoms with Crippen LogP contribution in [0.2, 0.25) is 0 Å². The van der Waals surface area contributed by atoms with Gasteiger partial charge in [-0.3, -0.25) is 0 Å². The van der Waals surface area contributed by atoms with Crippen molar-refractivity contribution in [1.82, 2.24) is 15.0 Å². The van der Waals surface area contributed by atoms with Gasteiger partial charge in [-0.25, -0.2) is 4.68 Å². The summed E-state index contributed by atoms with van der Waals surface area (Å²) in [5.74, 6) is 0. The molecule has 2 aromatic carbocycles. The lowest BCUT2D eigenvalue weighted by Crippen LogP contribution is -1.99. The van der Waals surface area contributed by atoms with Crippen LogP contribution in [0.3, 0.4) is 0 Å². The Bertz CT molecular complexity index is 721. The van der Waals surface area contributed by atoms with Crippen LogP contribution in [0.15, 0.2) is 48.5 Å². The first-order valence-electron chi connectivity index (χ1n) is 5.20. The van der Waals surface area contributed by atoms with Gasteiger partial charge < -0.3 is 0 Å². The van der Waals surface area contributed by atoms with Crippen molar-refractivity contribution < 1.29 is 0 Å². The predicted octanol–water partition coefficient (Wildman–Crippen LogP) is 2.29. The number of hydrogen-bond donors (Lipinski definition) is 0. The number of benzene rings is 2. The molecule has 80 valence electrons. The van der Waals surface area contributed by atoms with Crippen LogP contribution in [-0.4, -0.2) is 15.0 Å². The zero-order valence-electron chi connectivity index (χ0n) is 8.91. The molecular weight excluding hydrogens is 212 g/mol. The number of hydrogen-bond acceptors (Lipinski definition) is 3. The average molecular weight is 220 g/mol. The van der Waals surface area contributed by atoms with Crippen molar-refractivity contribution in [1.29, 1.82) is 5.26 Å². The van der Waals surface area contributed by atoms with Crippen LogP contribution < -0.4 is 0 Å². The van der Waals surface area contributed by atoms with Crippen LogP contribution >= 0.6 is 0 Å². The van der Waals surface area contributed by atoms with E-state index >= 15 is 0 Å². The Hall–Kier alpha value is -2.67. The molecule has 0 unspecified atom stereocenters. The monoisotopic (exact) mass is 220 g/mol. The molecule has 0 bridgehead atoms. The number of para-hydroxylation sites is 2. The Morgan fingerprint density at radius 1 is 1.00 bits per heavy atom. The van der Waals surface area contributed by atoms with Crippen LogP contribution in [-0.2, 0) is 0 Å². The maximum absolute atomic E-state index is 9.08. The highest BCUT2D eigenvalue weighted by atomic mass is 15.4. The second kappa shape index (κ2) is 3.72. The van der Waals surface area contributed by atoms with Crippen LogP contribution in [0.4, 0.5) is 0 Å². The molecule has 0 saturated carbocycles. The van der Waals surface area contributed by atoms with Gasteiger partial charge in [-0.2, -0.15) is 5.26 Å². The molecule has 4 nitrogen and oxygen atoms in total. The number of nitriles is 1. The van der Waals surface area contributed by atoms with E-state index in [1.54, 1.807) is 10.7 Å². The van der Waals surface area contributed by atoms with E-state index in [1.165, 1.54) is 0 Å². The molecule has 0 aliphatic heterocycles. The van der Waals surface area contributed by atoms with Crippen molar-refractivity contribution in [3.05, 3.63) is 54.1 Å². The van der Waals surface area contributed by atoms with Crippen LogP contribution in [0.25, 0.3) is 16.7 Å². The lowest BCUT2D eigenvalue weighted by Gasteiger charge is -2.03. The topological polar surface area (TPSA) is 54.5 Å². The Morgan fingerprint density at radius 3 is 2.65 bits per heavy atom. The summed E-state index contributed by atoms with van der Waals surface area (Å²) in [5, 5.41) is 17.2. The van der Waals surface area contributed by atoms with Crippen molar-refractivity contribution in [3.63, 3.8) is 0 Å². The quantitative estimate of drug-likeness (QED) is 0.632. The summed E-state index contributed by atoms with van der Waals surface area (Å²) in [6.45, 7) is 0. The van der Waals surface area contributed by atoms with Crippen molar-refractivity contribution in [2.45, 2.75) is 0 Å². The molecule has 0 amide bonds. The molecule has 0 aliphatic carbocycles. The van der Waals surface area contributed by atoms with Gasteiger partial charge in [0.25, 0.3) is 0 Å². The first kappa shape index (κ1) is 9.55. The van der Waals surface area contributed by atoms with Gasteiger partial charge >= 0.3 is 0 Å². The van der Waals surface area contributed by atoms with Gasteiger partial charge in [-0.15, -0.1) is 5.10 Å². The molecule has 0 fully saturated rings. The van der Waals surface area contributed by atoms with E-state index < -0.39 is 0 Å². The summed E-state index contributed by atoms with van der Waals surface area (Å²) in [7, 11) is 0. The normalized spacial score (nSPS) is 10.3. The van der Waals surface area contributed by atoms with E-state index in [-0.39, 0.29) is 0 Å². The fourth-order valence-corrected chi connectivity index (χ4v) is 1.80. The summed E-state index contributed by atoms with van der Waals surface area (Å²) < 4.78 is 1.69. The SMILES string of the molecule is N#Cc1ccccc1-n1nnc2ccccc21. The van der Waals surface area contributed by atoms with Crippen molar-refractivity contribution in [2.24, 2.45) is 0 Å². The van der Waals surface area contributed by atoms with Crippen molar-refractivity contribution in [2.75, 3.05) is 0 Å². The summed E-state index contributed by atoms with van der Waals surface area (Å²) in [5.41, 5.74) is 3.06. The van der Waals surface area contributed by atoms with Gasteiger partial charge in [0.05, 0.1) is 16.8 Å². The maximum atomic E-state index is 9.08. The minimum atomic E-state index is 0.586. The number of nitrogens with zero attached hydrogens (tertiary/aromatic N) is 4. The van der Waals surface area contributed by atoms with Crippen LogP contribution in [0, 0.1) is 11.3 Å². The molecule has 0 radical (unpaired) electrons. The second-order valence-electron chi connectivity index (χ2n) is 3.62. The average Bonchev–Trinajstić information content (AvgIpc) is 2.82. The Labute approximate surface area is 97.7 Å². The molecule has 3 rings (SSSR count). The minimum absolute atomic E-state index is 0.586. The largest absolute Gasteiger partial charge is 0.211 e. The maximum Gasteiger partial charge on any atom is 0.113 e. The molecule has 0 spiro atoms. The molecule has 0 N–H and O–H groups in total. The highest BCUT2D eigenvalue weighted by Crippen LogP contribution is 2.18. The number of fused-ring (bicyclic) bond motifs is 1. The second-order valence-corrected chi connectivity index (χ2v) is 3.62. The van der Waals surface area contributed by atoms with Gasteiger partial charge in [-0.05, 0) is 24.3 Å². The minimum Gasteiger partial charge on any atom is -0.211 e. The smallest absolute Gasteiger partial charge is 0.113 e. The molecule has 3 aromatic rings. The van der Waals surface area contributed by atoms with E-state index in [9.17, 15) is 0 Å². The lowest BCUT2D eigenvalue weighted by molar-refractivity contribution is 0.822. The Kier molecular flexibility index (Phi) is 2.09. The van der Waals surface area contributed by atoms with Gasteiger partial charge in [0.1, 0.15) is 11.6 Å². The third-order valence-corrected chi connectivity index (χ3v) is 2.60. The summed E-state index contributed by atoms with van der Waals surface area (Å²) >= 11 is 0. The van der Waals surface area contributed by atoms with E-state index in [4.69, 9.17) is 5.26 Å². The van der Waals surface area contributed by atoms with Gasteiger partial charge in [0, 0.05) is 0 Å². The zero-order chi connectivity index (χ0) is 11.7. The first-order valence-corrected chi connectivity index (χ1v) is 5.20. The fourth-order valence-electron chi connectivity index (χ4n) is 1.80. The molecule has 1 aromatic heterocycles. The predicted molar refractivity (Wildman–Crippen MR) is 63.6 cm³/mol. The molecular formula is C13H8N4. The third kappa shape index (κ3) is 1.45. The molecule has 17 heavy (non-hydrogen) atoms. The fraction of sp³-hybridized carbons (Fsp3) is 0. The zero-order valence-corrected chi connectivity index (χ0v) is 8.91. The number of aromatic nitrogens is 3. The van der Waals surface area contributed by atoms with Gasteiger partial charge in [-0.1, -0.05) is 29.5 Å². The standard InChI is InChI=1S/C13H8N4/c14-9-10-5-1-3-7-12(10)17-13-8-4-2-6-11(13)15-16-17/h1-8H. The lowest BCUT2D eigenvalue weighted by atomic mass is 10.2. The molecule has 0 aliphatic rings. The highest BCUT2D eigenvalue weighted by molar-refractivity contribution is 5.76. The van der Waals surface area contributed by atoms with Crippen LogP contribution in [0.5, 0.6) is 0 Å². The molecule has 1 heterocycles. The van der Waals surface area contributed by atoms with E-state index in [2.05, 4.69) is 16.4 Å². The van der Waals surface area contributed by atoms with Gasteiger partial charge in [0.2, 0.25) is 0 Å². The van der Waals surface area contributed by atoms with Crippen molar-refractivity contribution in [3.8, 4) is 11.8 Å². The highest BCUT2D eigenvalue weighted by Gasteiger charge is 2.08. The molecule has 4 heteroatoms. The van der Waals surface area contributed by atoms with Crippen LogP contribution in [0.1, 0.15) is 5.56 Å². The van der Waals surface area contributed by atoms with E-state index in [0.717, 1.165) is 16.7 Å². The Morgan fingerprint density at radius 2 is 1.76 bits per heavy atom. The summed E-state index contributed by atoms with van der Waals surface area (Å²) in [4.78, 5) is 0. The van der Waals surface area contributed by atoms with Gasteiger partial charge in [0.15, 0.2) is 0 Å². The Balaban J connectivity index is 2.32. The summed E-state index contributed by atoms with van der Waals surface area (Å²) in [6, 6.07) is 17.2. The molecule has 0 saturated heterocycles. The van der Waals surface area contributed by atoms with Crippen molar-refractivity contribution >= 4 is 11.0 Å².